The van der Waals surface area contributed by atoms with E-state index >= 15 is 0 Å². The van der Waals surface area contributed by atoms with Crippen molar-refractivity contribution in [3.05, 3.63) is 0 Å². The summed E-state index contributed by atoms with van der Waals surface area (Å²) in [6.45, 7) is 2.03. The SMILES string of the molecule is CC1CC(C#N)(C(=O)NC2(CO)CCC2)C1. The summed E-state index contributed by atoms with van der Waals surface area (Å²) in [4.78, 5) is 12.0. The van der Waals surface area contributed by atoms with Gasteiger partial charge in [0.1, 0.15) is 5.41 Å². The van der Waals surface area contributed by atoms with E-state index in [2.05, 4.69) is 11.4 Å². The fourth-order valence-corrected chi connectivity index (χ4v) is 2.74. The highest BCUT2D eigenvalue weighted by Gasteiger charge is 2.51. The van der Waals surface area contributed by atoms with Gasteiger partial charge in [0.2, 0.25) is 5.91 Å². The molecular weight excluding hydrogens is 204 g/mol. The predicted octanol–water partition coefficient (Wildman–Crippen LogP) is 0.957. The quantitative estimate of drug-likeness (QED) is 0.747. The number of hydrogen-bond acceptors (Lipinski definition) is 3. The Balaban J connectivity index is 2.00. The Morgan fingerprint density at radius 1 is 1.56 bits per heavy atom. The first-order valence-electron chi connectivity index (χ1n) is 5.91. The third-order valence-electron chi connectivity index (χ3n) is 4.03. The van der Waals surface area contributed by atoms with Gasteiger partial charge in [-0.25, -0.2) is 0 Å². The summed E-state index contributed by atoms with van der Waals surface area (Å²) in [6.07, 6.45) is 3.99. The molecule has 2 rings (SSSR count). The van der Waals surface area contributed by atoms with E-state index in [1.165, 1.54) is 0 Å². The third kappa shape index (κ3) is 1.60. The number of hydrogen-bond donors (Lipinski definition) is 2. The molecule has 0 saturated heterocycles. The van der Waals surface area contributed by atoms with Gasteiger partial charge in [-0.15, -0.1) is 0 Å². The van der Waals surface area contributed by atoms with Crippen LogP contribution in [0.2, 0.25) is 0 Å². The smallest absolute Gasteiger partial charge is 0.241 e. The minimum atomic E-state index is -0.822. The Labute approximate surface area is 95.6 Å². The van der Waals surface area contributed by atoms with Gasteiger partial charge in [-0.3, -0.25) is 4.79 Å². The number of rotatable bonds is 3. The average molecular weight is 222 g/mol. The number of amides is 1. The van der Waals surface area contributed by atoms with Crippen molar-refractivity contribution in [2.45, 2.75) is 44.6 Å². The zero-order valence-electron chi connectivity index (χ0n) is 9.62. The Morgan fingerprint density at radius 3 is 2.50 bits per heavy atom. The molecule has 2 aliphatic carbocycles. The summed E-state index contributed by atoms with van der Waals surface area (Å²) in [7, 11) is 0. The third-order valence-corrected chi connectivity index (χ3v) is 4.03. The fraction of sp³-hybridized carbons (Fsp3) is 0.833. The molecule has 0 radical (unpaired) electrons. The number of nitrogens with one attached hydrogen (secondary N) is 1. The van der Waals surface area contributed by atoms with E-state index in [9.17, 15) is 9.90 Å². The minimum Gasteiger partial charge on any atom is -0.394 e. The molecule has 4 nitrogen and oxygen atoms in total. The predicted molar refractivity (Wildman–Crippen MR) is 58.3 cm³/mol. The summed E-state index contributed by atoms with van der Waals surface area (Å²) in [5.41, 5.74) is -1.25. The summed E-state index contributed by atoms with van der Waals surface area (Å²) < 4.78 is 0. The van der Waals surface area contributed by atoms with Gasteiger partial charge in [0.25, 0.3) is 0 Å². The second kappa shape index (κ2) is 3.74. The normalized spacial score (nSPS) is 35.4. The largest absolute Gasteiger partial charge is 0.394 e. The molecule has 0 bridgehead atoms. The number of nitrogens with zero attached hydrogens (tertiary/aromatic N) is 1. The van der Waals surface area contributed by atoms with E-state index in [1.54, 1.807) is 0 Å². The molecule has 2 aliphatic rings. The van der Waals surface area contributed by atoms with E-state index in [0.29, 0.717) is 18.8 Å². The van der Waals surface area contributed by atoms with E-state index < -0.39 is 11.0 Å². The van der Waals surface area contributed by atoms with Gasteiger partial charge < -0.3 is 10.4 Å². The highest BCUT2D eigenvalue weighted by atomic mass is 16.3. The lowest BCUT2D eigenvalue weighted by Gasteiger charge is -2.46. The standard InChI is InChI=1S/C12H18N2O2/c1-9-5-11(6-9,7-13)10(16)14-12(8-15)3-2-4-12/h9,15H,2-6,8H2,1H3,(H,14,16). The van der Waals surface area contributed by atoms with Gasteiger partial charge in [-0.05, 0) is 38.0 Å². The number of aliphatic hydroxyl groups is 1. The summed E-state index contributed by atoms with van der Waals surface area (Å²) in [6, 6.07) is 2.15. The molecule has 0 heterocycles. The van der Waals surface area contributed by atoms with Gasteiger partial charge in [0.15, 0.2) is 0 Å². The molecule has 2 fully saturated rings. The number of aliphatic hydroxyl groups excluding tert-OH is 1. The molecule has 4 heteroatoms. The van der Waals surface area contributed by atoms with Crippen LogP contribution in [0.5, 0.6) is 0 Å². The van der Waals surface area contributed by atoms with E-state index in [1.807, 2.05) is 6.92 Å². The van der Waals surface area contributed by atoms with Crippen LogP contribution in [0.15, 0.2) is 0 Å². The molecule has 0 aromatic rings. The van der Waals surface area contributed by atoms with E-state index in [0.717, 1.165) is 19.3 Å². The topological polar surface area (TPSA) is 73.1 Å². The Morgan fingerprint density at radius 2 is 2.19 bits per heavy atom. The summed E-state index contributed by atoms with van der Waals surface area (Å²) >= 11 is 0. The first-order chi connectivity index (χ1) is 7.56. The van der Waals surface area contributed by atoms with Gasteiger partial charge in [0, 0.05) is 0 Å². The second-order valence-corrected chi connectivity index (χ2v) is 5.45. The van der Waals surface area contributed by atoms with Crippen molar-refractivity contribution in [2.24, 2.45) is 11.3 Å². The molecular formula is C12H18N2O2. The van der Waals surface area contributed by atoms with Crippen LogP contribution in [-0.2, 0) is 4.79 Å². The molecule has 2 N–H and O–H groups in total. The summed E-state index contributed by atoms with van der Waals surface area (Å²) in [5, 5.41) is 21.3. The number of nitriles is 1. The molecule has 2 saturated carbocycles. The van der Waals surface area contributed by atoms with Crippen molar-refractivity contribution >= 4 is 5.91 Å². The maximum absolute atomic E-state index is 12.0. The van der Waals surface area contributed by atoms with Gasteiger partial charge >= 0.3 is 0 Å². The monoisotopic (exact) mass is 222 g/mol. The first kappa shape index (κ1) is 11.4. The molecule has 0 aromatic carbocycles. The molecule has 1 amide bonds. The Bertz CT molecular complexity index is 330. The number of carbonyl (C=O) groups is 1. The molecule has 0 aliphatic heterocycles. The van der Waals surface area contributed by atoms with Crippen molar-refractivity contribution in [1.29, 1.82) is 5.26 Å². The van der Waals surface area contributed by atoms with Crippen molar-refractivity contribution < 1.29 is 9.90 Å². The summed E-state index contributed by atoms with van der Waals surface area (Å²) in [5.74, 6) is 0.277. The van der Waals surface area contributed by atoms with E-state index in [4.69, 9.17) is 5.26 Å². The molecule has 88 valence electrons. The van der Waals surface area contributed by atoms with E-state index in [-0.39, 0.29) is 12.5 Å². The highest BCUT2D eigenvalue weighted by molar-refractivity contribution is 5.87. The van der Waals surface area contributed by atoms with Crippen molar-refractivity contribution in [3.8, 4) is 6.07 Å². The molecule has 0 spiro atoms. The van der Waals surface area contributed by atoms with Crippen LogP contribution in [0.3, 0.4) is 0 Å². The second-order valence-electron chi connectivity index (χ2n) is 5.45. The van der Waals surface area contributed by atoms with Crippen LogP contribution in [0, 0.1) is 22.7 Å². The Kier molecular flexibility index (Phi) is 2.67. The zero-order chi connectivity index (χ0) is 11.8. The number of carbonyl (C=O) groups excluding carboxylic acids is 1. The van der Waals surface area contributed by atoms with Crippen LogP contribution in [0.25, 0.3) is 0 Å². The minimum absolute atomic E-state index is 0.0181. The van der Waals surface area contributed by atoms with Crippen LogP contribution in [0.1, 0.15) is 39.0 Å². The first-order valence-corrected chi connectivity index (χ1v) is 5.91. The maximum Gasteiger partial charge on any atom is 0.241 e. The van der Waals surface area contributed by atoms with Crippen LogP contribution in [-0.4, -0.2) is 23.2 Å². The van der Waals surface area contributed by atoms with Crippen LogP contribution in [0.4, 0.5) is 0 Å². The fourth-order valence-electron chi connectivity index (χ4n) is 2.74. The Hall–Kier alpha value is -1.08. The molecule has 0 aromatic heterocycles. The lowest BCUT2D eigenvalue weighted by molar-refractivity contribution is -0.138. The van der Waals surface area contributed by atoms with Gasteiger partial charge in [-0.1, -0.05) is 6.92 Å². The molecule has 16 heavy (non-hydrogen) atoms. The average Bonchev–Trinajstić information content (AvgIpc) is 2.18. The lowest BCUT2D eigenvalue weighted by Crippen LogP contribution is -2.61. The van der Waals surface area contributed by atoms with Gasteiger partial charge in [-0.2, -0.15) is 5.26 Å². The van der Waals surface area contributed by atoms with Crippen molar-refractivity contribution in [1.82, 2.24) is 5.32 Å². The van der Waals surface area contributed by atoms with Crippen molar-refractivity contribution in [3.63, 3.8) is 0 Å². The highest BCUT2D eigenvalue weighted by Crippen LogP contribution is 2.46. The molecule has 0 unspecified atom stereocenters. The van der Waals surface area contributed by atoms with Crippen LogP contribution < -0.4 is 5.32 Å². The zero-order valence-corrected chi connectivity index (χ0v) is 9.62. The van der Waals surface area contributed by atoms with Crippen molar-refractivity contribution in [2.75, 3.05) is 6.61 Å². The van der Waals surface area contributed by atoms with Gasteiger partial charge in [0.05, 0.1) is 18.2 Å². The molecule has 0 atom stereocenters. The maximum atomic E-state index is 12.0. The van der Waals surface area contributed by atoms with Crippen LogP contribution >= 0.6 is 0 Å². The lowest BCUT2D eigenvalue weighted by atomic mass is 9.62.